The lowest BCUT2D eigenvalue weighted by molar-refractivity contribution is 0.0696. The number of carboxylic acids is 1. The van der Waals surface area contributed by atoms with Gasteiger partial charge < -0.3 is 10.4 Å². The van der Waals surface area contributed by atoms with Gasteiger partial charge in [0.2, 0.25) is 0 Å². The maximum absolute atomic E-state index is 10.7. The molecule has 5 heteroatoms. The van der Waals surface area contributed by atoms with Crippen LogP contribution in [0.15, 0.2) is 42.6 Å². The Morgan fingerprint density at radius 3 is 2.50 bits per heavy atom. The number of anilines is 1. The van der Waals surface area contributed by atoms with Gasteiger partial charge >= 0.3 is 5.97 Å². The van der Waals surface area contributed by atoms with Gasteiger partial charge in [0.15, 0.2) is 0 Å². The van der Waals surface area contributed by atoms with E-state index in [0.29, 0.717) is 17.4 Å². The lowest BCUT2D eigenvalue weighted by atomic mass is 10.2. The highest BCUT2D eigenvalue weighted by Crippen LogP contribution is 2.11. The third-order valence-electron chi connectivity index (χ3n) is 2.40. The monoisotopic (exact) mass is 262 g/mol. The zero-order chi connectivity index (χ0) is 13.0. The number of pyridine rings is 1. The molecule has 2 aromatic rings. The molecule has 0 radical (unpaired) electrons. The fraction of sp³-hybridized carbons (Fsp3) is 0.0769. The summed E-state index contributed by atoms with van der Waals surface area (Å²) in [5.74, 6) is -0.346. The Kier molecular flexibility index (Phi) is 3.79. The lowest BCUT2D eigenvalue weighted by Gasteiger charge is -2.05. The van der Waals surface area contributed by atoms with Gasteiger partial charge in [0.25, 0.3) is 0 Å². The van der Waals surface area contributed by atoms with E-state index in [2.05, 4.69) is 10.3 Å². The Labute approximate surface area is 109 Å². The van der Waals surface area contributed by atoms with Crippen molar-refractivity contribution in [2.45, 2.75) is 6.54 Å². The van der Waals surface area contributed by atoms with Crippen molar-refractivity contribution in [1.82, 2.24) is 4.98 Å². The molecule has 0 spiro atoms. The Morgan fingerprint density at radius 1 is 1.22 bits per heavy atom. The van der Waals surface area contributed by atoms with Crippen LogP contribution < -0.4 is 5.32 Å². The van der Waals surface area contributed by atoms with Gasteiger partial charge in [0.05, 0.1) is 5.56 Å². The third-order valence-corrected chi connectivity index (χ3v) is 2.65. The SMILES string of the molecule is O=C(O)c1ccc(NCc2ccc(Cl)cc2)nc1. The number of rotatable bonds is 4. The summed E-state index contributed by atoms with van der Waals surface area (Å²) in [5.41, 5.74) is 1.25. The Bertz CT molecular complexity index is 538. The zero-order valence-corrected chi connectivity index (χ0v) is 10.2. The topological polar surface area (TPSA) is 62.2 Å². The zero-order valence-electron chi connectivity index (χ0n) is 9.43. The average Bonchev–Trinajstić information content (AvgIpc) is 2.38. The minimum atomic E-state index is -0.980. The molecule has 2 N–H and O–H groups in total. The van der Waals surface area contributed by atoms with E-state index in [1.54, 1.807) is 6.07 Å². The summed E-state index contributed by atoms with van der Waals surface area (Å²) < 4.78 is 0. The summed E-state index contributed by atoms with van der Waals surface area (Å²) in [4.78, 5) is 14.7. The first-order chi connectivity index (χ1) is 8.65. The minimum absolute atomic E-state index is 0.173. The van der Waals surface area contributed by atoms with E-state index in [0.717, 1.165) is 5.56 Å². The van der Waals surface area contributed by atoms with Crippen molar-refractivity contribution in [2.75, 3.05) is 5.32 Å². The standard InChI is InChI=1S/C13H11ClN2O2/c14-11-4-1-9(2-5-11)7-15-12-6-3-10(8-16-12)13(17)18/h1-6,8H,7H2,(H,15,16)(H,17,18). The number of carbonyl (C=O) groups is 1. The molecule has 2 rings (SSSR count). The van der Waals surface area contributed by atoms with Crippen LogP contribution in [-0.4, -0.2) is 16.1 Å². The third kappa shape index (κ3) is 3.21. The van der Waals surface area contributed by atoms with Crippen LogP contribution in [-0.2, 0) is 6.54 Å². The van der Waals surface area contributed by atoms with Crippen molar-refractivity contribution in [3.8, 4) is 0 Å². The van der Waals surface area contributed by atoms with Crippen molar-refractivity contribution < 1.29 is 9.90 Å². The summed E-state index contributed by atoms with van der Waals surface area (Å²) in [6.45, 7) is 0.608. The molecule has 0 saturated heterocycles. The number of aromatic carboxylic acids is 1. The van der Waals surface area contributed by atoms with Gasteiger partial charge in [-0.3, -0.25) is 0 Å². The molecular weight excluding hydrogens is 252 g/mol. The number of aromatic nitrogens is 1. The highest BCUT2D eigenvalue weighted by atomic mass is 35.5. The molecule has 0 saturated carbocycles. The summed E-state index contributed by atoms with van der Waals surface area (Å²) in [5, 5.41) is 12.5. The molecular formula is C13H11ClN2O2. The highest BCUT2D eigenvalue weighted by molar-refractivity contribution is 6.30. The number of carboxylic acid groups (broad SMARTS) is 1. The molecule has 0 unspecified atom stereocenters. The Hall–Kier alpha value is -2.07. The van der Waals surface area contributed by atoms with E-state index < -0.39 is 5.97 Å². The number of nitrogens with one attached hydrogen (secondary N) is 1. The molecule has 0 atom stereocenters. The molecule has 0 fully saturated rings. The van der Waals surface area contributed by atoms with Crippen molar-refractivity contribution in [3.05, 3.63) is 58.7 Å². The first-order valence-electron chi connectivity index (χ1n) is 5.33. The number of hydrogen-bond acceptors (Lipinski definition) is 3. The molecule has 4 nitrogen and oxygen atoms in total. The molecule has 0 aliphatic rings. The molecule has 18 heavy (non-hydrogen) atoms. The second-order valence-corrected chi connectivity index (χ2v) is 4.15. The van der Waals surface area contributed by atoms with Gasteiger partial charge in [-0.05, 0) is 29.8 Å². The van der Waals surface area contributed by atoms with Gasteiger partial charge in [0, 0.05) is 17.8 Å². The molecule has 0 bridgehead atoms. The van der Waals surface area contributed by atoms with E-state index in [-0.39, 0.29) is 5.56 Å². The van der Waals surface area contributed by atoms with Crippen molar-refractivity contribution in [3.63, 3.8) is 0 Å². The molecule has 1 aromatic heterocycles. The van der Waals surface area contributed by atoms with Crippen LogP contribution in [0.4, 0.5) is 5.82 Å². The van der Waals surface area contributed by atoms with Gasteiger partial charge in [-0.15, -0.1) is 0 Å². The minimum Gasteiger partial charge on any atom is -0.478 e. The largest absolute Gasteiger partial charge is 0.478 e. The Balaban J connectivity index is 1.97. The number of nitrogens with zero attached hydrogens (tertiary/aromatic N) is 1. The van der Waals surface area contributed by atoms with Crippen molar-refractivity contribution in [2.24, 2.45) is 0 Å². The fourth-order valence-corrected chi connectivity index (χ4v) is 1.55. The summed E-state index contributed by atoms with van der Waals surface area (Å²) in [7, 11) is 0. The predicted octanol–water partition coefficient (Wildman–Crippen LogP) is 3.05. The lowest BCUT2D eigenvalue weighted by Crippen LogP contribution is -2.03. The van der Waals surface area contributed by atoms with Gasteiger partial charge in [0.1, 0.15) is 5.82 Å². The second-order valence-electron chi connectivity index (χ2n) is 3.72. The molecule has 0 amide bonds. The molecule has 1 aromatic carbocycles. The second kappa shape index (κ2) is 5.51. The van der Waals surface area contributed by atoms with E-state index >= 15 is 0 Å². The van der Waals surface area contributed by atoms with Crippen LogP contribution in [0.5, 0.6) is 0 Å². The first kappa shape index (κ1) is 12.4. The number of benzene rings is 1. The summed E-state index contributed by atoms with van der Waals surface area (Å²) in [6, 6.07) is 10.6. The van der Waals surface area contributed by atoms with Gasteiger partial charge in [-0.1, -0.05) is 23.7 Å². The van der Waals surface area contributed by atoms with Crippen molar-refractivity contribution in [1.29, 1.82) is 0 Å². The van der Waals surface area contributed by atoms with Crippen LogP contribution in [0.3, 0.4) is 0 Å². The maximum Gasteiger partial charge on any atom is 0.337 e. The van der Waals surface area contributed by atoms with Crippen LogP contribution in [0.2, 0.25) is 5.02 Å². The maximum atomic E-state index is 10.7. The van der Waals surface area contributed by atoms with E-state index in [1.165, 1.54) is 12.3 Å². The van der Waals surface area contributed by atoms with Crippen LogP contribution >= 0.6 is 11.6 Å². The fourth-order valence-electron chi connectivity index (χ4n) is 1.42. The quantitative estimate of drug-likeness (QED) is 0.889. The van der Waals surface area contributed by atoms with Crippen LogP contribution in [0, 0.1) is 0 Å². The molecule has 0 aliphatic carbocycles. The molecule has 0 aliphatic heterocycles. The predicted molar refractivity (Wildman–Crippen MR) is 70.0 cm³/mol. The highest BCUT2D eigenvalue weighted by Gasteiger charge is 2.02. The first-order valence-corrected chi connectivity index (χ1v) is 5.70. The van der Waals surface area contributed by atoms with Crippen LogP contribution in [0.25, 0.3) is 0 Å². The normalized spacial score (nSPS) is 10.1. The van der Waals surface area contributed by atoms with E-state index in [1.807, 2.05) is 24.3 Å². The van der Waals surface area contributed by atoms with Crippen molar-refractivity contribution >= 4 is 23.4 Å². The summed E-state index contributed by atoms with van der Waals surface area (Å²) >= 11 is 5.79. The smallest absolute Gasteiger partial charge is 0.337 e. The van der Waals surface area contributed by atoms with E-state index in [4.69, 9.17) is 16.7 Å². The Morgan fingerprint density at radius 2 is 1.94 bits per heavy atom. The number of hydrogen-bond donors (Lipinski definition) is 2. The van der Waals surface area contributed by atoms with Gasteiger partial charge in [-0.2, -0.15) is 0 Å². The molecule has 92 valence electrons. The van der Waals surface area contributed by atoms with Gasteiger partial charge in [-0.25, -0.2) is 9.78 Å². The average molecular weight is 263 g/mol. The van der Waals surface area contributed by atoms with E-state index in [9.17, 15) is 4.79 Å². The van der Waals surface area contributed by atoms with Crippen LogP contribution in [0.1, 0.15) is 15.9 Å². The number of halogens is 1. The summed E-state index contributed by atoms with van der Waals surface area (Å²) in [6.07, 6.45) is 1.33. The molecule has 1 heterocycles.